The minimum atomic E-state index is 0.268. The Bertz CT molecular complexity index is 218. The lowest BCUT2D eigenvalue weighted by atomic mass is 9.96. The highest BCUT2D eigenvalue weighted by Gasteiger charge is 2.25. The van der Waals surface area contributed by atoms with E-state index < -0.39 is 0 Å². The average molecular weight is 242 g/mol. The maximum Gasteiger partial charge on any atom is 0.0724 e. The van der Waals surface area contributed by atoms with Crippen LogP contribution in [0.4, 0.5) is 0 Å². The Balaban J connectivity index is 2.24. The lowest BCUT2D eigenvalue weighted by Gasteiger charge is -2.37. The molecule has 2 atom stereocenters. The summed E-state index contributed by atoms with van der Waals surface area (Å²) in [6.07, 6.45) is 2.85. The quantitative estimate of drug-likeness (QED) is 0.772. The van der Waals surface area contributed by atoms with Crippen LogP contribution in [0.25, 0.3) is 0 Å². The van der Waals surface area contributed by atoms with Gasteiger partial charge in [-0.3, -0.25) is 4.90 Å². The van der Waals surface area contributed by atoms with Gasteiger partial charge in [-0.1, -0.05) is 13.8 Å². The third-order valence-electron chi connectivity index (χ3n) is 4.19. The van der Waals surface area contributed by atoms with Crippen LogP contribution in [0.5, 0.6) is 0 Å². The van der Waals surface area contributed by atoms with Crippen molar-refractivity contribution in [2.45, 2.75) is 52.2 Å². The number of methoxy groups -OCH3 is 1. The van der Waals surface area contributed by atoms with Crippen molar-refractivity contribution in [2.24, 2.45) is 5.92 Å². The molecule has 0 saturated carbocycles. The average Bonchev–Trinajstić information content (AvgIpc) is 2.31. The summed E-state index contributed by atoms with van der Waals surface area (Å²) >= 11 is 0. The normalized spacial score (nSPS) is 27.4. The molecule has 2 unspecified atom stereocenters. The summed E-state index contributed by atoms with van der Waals surface area (Å²) < 4.78 is 5.54. The maximum absolute atomic E-state index is 5.54. The number of nitrogens with one attached hydrogen (secondary N) is 1. The molecule has 1 N–H and O–H groups in total. The minimum Gasteiger partial charge on any atom is -0.380 e. The van der Waals surface area contributed by atoms with Crippen molar-refractivity contribution < 1.29 is 4.74 Å². The highest BCUT2D eigenvalue weighted by Crippen LogP contribution is 2.19. The lowest BCUT2D eigenvalue weighted by Crippen LogP contribution is -2.48. The van der Waals surface area contributed by atoms with Gasteiger partial charge in [0.1, 0.15) is 0 Å². The molecule has 0 aromatic heterocycles. The Morgan fingerprint density at radius 3 is 2.71 bits per heavy atom. The fourth-order valence-corrected chi connectivity index (χ4v) is 2.29. The van der Waals surface area contributed by atoms with E-state index in [1.165, 1.54) is 19.4 Å². The van der Waals surface area contributed by atoms with Gasteiger partial charge in [-0.05, 0) is 39.2 Å². The minimum absolute atomic E-state index is 0.268. The van der Waals surface area contributed by atoms with Crippen molar-refractivity contribution in [3.05, 3.63) is 0 Å². The highest BCUT2D eigenvalue weighted by molar-refractivity contribution is 4.80. The van der Waals surface area contributed by atoms with Crippen LogP contribution in [0, 0.1) is 5.92 Å². The van der Waals surface area contributed by atoms with Crippen molar-refractivity contribution in [3.8, 4) is 0 Å². The van der Waals surface area contributed by atoms with E-state index in [0.29, 0.717) is 12.0 Å². The molecule has 3 heteroatoms. The van der Waals surface area contributed by atoms with Crippen molar-refractivity contribution in [2.75, 3.05) is 33.3 Å². The second-order valence-corrected chi connectivity index (χ2v) is 6.00. The SMILES string of the molecule is CCC(C)(C)NCCN1CCC(C)C(OC)C1. The van der Waals surface area contributed by atoms with Crippen molar-refractivity contribution in [1.29, 1.82) is 0 Å². The zero-order chi connectivity index (χ0) is 12.9. The predicted octanol–water partition coefficient (Wildman–Crippen LogP) is 2.12. The molecule has 1 saturated heterocycles. The first-order valence-electron chi connectivity index (χ1n) is 6.98. The van der Waals surface area contributed by atoms with E-state index in [1.807, 2.05) is 7.11 Å². The smallest absolute Gasteiger partial charge is 0.0724 e. The first-order chi connectivity index (χ1) is 7.98. The van der Waals surface area contributed by atoms with Crippen molar-refractivity contribution in [1.82, 2.24) is 10.2 Å². The number of hydrogen-bond acceptors (Lipinski definition) is 3. The molecule has 1 heterocycles. The van der Waals surface area contributed by atoms with E-state index in [-0.39, 0.29) is 5.54 Å². The molecule has 0 aromatic rings. The van der Waals surface area contributed by atoms with Crippen LogP contribution < -0.4 is 5.32 Å². The summed E-state index contributed by atoms with van der Waals surface area (Å²) in [7, 11) is 1.84. The Hall–Kier alpha value is -0.120. The molecule has 0 aromatic carbocycles. The molecule has 3 nitrogen and oxygen atoms in total. The van der Waals surface area contributed by atoms with E-state index >= 15 is 0 Å². The van der Waals surface area contributed by atoms with Gasteiger partial charge in [0, 0.05) is 32.3 Å². The van der Waals surface area contributed by atoms with Crippen molar-refractivity contribution in [3.63, 3.8) is 0 Å². The molecule has 1 fully saturated rings. The van der Waals surface area contributed by atoms with Crippen molar-refractivity contribution >= 4 is 0 Å². The topological polar surface area (TPSA) is 24.5 Å². The Morgan fingerprint density at radius 2 is 2.12 bits per heavy atom. The largest absolute Gasteiger partial charge is 0.380 e. The van der Waals surface area contributed by atoms with Crippen LogP contribution in [-0.2, 0) is 4.74 Å². The van der Waals surface area contributed by atoms with Gasteiger partial charge in [0.05, 0.1) is 6.10 Å². The molecular weight excluding hydrogens is 212 g/mol. The van der Waals surface area contributed by atoms with E-state index in [9.17, 15) is 0 Å². The molecular formula is C14H30N2O. The van der Waals surface area contributed by atoms with Crippen LogP contribution in [0.2, 0.25) is 0 Å². The van der Waals surface area contributed by atoms with E-state index in [0.717, 1.165) is 19.6 Å². The molecule has 1 rings (SSSR count). The zero-order valence-corrected chi connectivity index (χ0v) is 12.3. The van der Waals surface area contributed by atoms with E-state index in [2.05, 4.69) is 37.9 Å². The maximum atomic E-state index is 5.54. The Morgan fingerprint density at radius 1 is 1.41 bits per heavy atom. The standard InChI is InChI=1S/C14H30N2O/c1-6-14(3,4)15-8-10-16-9-7-12(2)13(11-16)17-5/h12-13,15H,6-11H2,1-5H3. The van der Waals surface area contributed by atoms with Crippen LogP contribution >= 0.6 is 0 Å². The summed E-state index contributed by atoms with van der Waals surface area (Å²) in [4.78, 5) is 2.52. The van der Waals surface area contributed by atoms with Gasteiger partial charge in [0.25, 0.3) is 0 Å². The number of nitrogens with zero attached hydrogens (tertiary/aromatic N) is 1. The second kappa shape index (κ2) is 6.72. The molecule has 0 bridgehead atoms. The van der Waals surface area contributed by atoms with Gasteiger partial charge in [0.15, 0.2) is 0 Å². The number of likely N-dealkylation sites (tertiary alicyclic amines) is 1. The summed E-state index contributed by atoms with van der Waals surface area (Å²) in [6, 6.07) is 0. The van der Waals surface area contributed by atoms with Crippen LogP contribution in [0.1, 0.15) is 40.5 Å². The Labute approximate surface area is 107 Å². The van der Waals surface area contributed by atoms with Gasteiger partial charge >= 0.3 is 0 Å². The summed E-state index contributed by atoms with van der Waals surface area (Å²) in [5, 5.41) is 3.62. The predicted molar refractivity (Wildman–Crippen MR) is 73.4 cm³/mol. The lowest BCUT2D eigenvalue weighted by molar-refractivity contribution is -0.00483. The van der Waals surface area contributed by atoms with Gasteiger partial charge < -0.3 is 10.1 Å². The third-order valence-corrected chi connectivity index (χ3v) is 4.19. The monoisotopic (exact) mass is 242 g/mol. The third kappa shape index (κ3) is 4.94. The number of rotatable bonds is 6. The number of ether oxygens (including phenoxy) is 1. The van der Waals surface area contributed by atoms with Gasteiger partial charge in [-0.15, -0.1) is 0 Å². The molecule has 102 valence electrons. The molecule has 0 aliphatic carbocycles. The zero-order valence-electron chi connectivity index (χ0n) is 12.3. The molecule has 1 aliphatic rings. The Kier molecular flexibility index (Phi) is 5.90. The molecule has 17 heavy (non-hydrogen) atoms. The van der Waals surface area contributed by atoms with E-state index in [4.69, 9.17) is 4.74 Å². The molecule has 0 amide bonds. The fraction of sp³-hybridized carbons (Fsp3) is 1.00. The first kappa shape index (κ1) is 14.9. The summed E-state index contributed by atoms with van der Waals surface area (Å²) in [5.41, 5.74) is 0.268. The van der Waals surface area contributed by atoms with Gasteiger partial charge in [-0.2, -0.15) is 0 Å². The summed E-state index contributed by atoms with van der Waals surface area (Å²) in [5.74, 6) is 0.705. The van der Waals surface area contributed by atoms with Crippen LogP contribution in [-0.4, -0.2) is 49.8 Å². The van der Waals surface area contributed by atoms with Crippen LogP contribution in [0.15, 0.2) is 0 Å². The van der Waals surface area contributed by atoms with Gasteiger partial charge in [0.2, 0.25) is 0 Å². The van der Waals surface area contributed by atoms with E-state index in [1.54, 1.807) is 0 Å². The fourth-order valence-electron chi connectivity index (χ4n) is 2.29. The van der Waals surface area contributed by atoms with Gasteiger partial charge in [-0.25, -0.2) is 0 Å². The second-order valence-electron chi connectivity index (χ2n) is 6.00. The van der Waals surface area contributed by atoms with Crippen LogP contribution in [0.3, 0.4) is 0 Å². The molecule has 0 spiro atoms. The highest BCUT2D eigenvalue weighted by atomic mass is 16.5. The molecule has 1 aliphatic heterocycles. The molecule has 0 radical (unpaired) electrons. The first-order valence-corrected chi connectivity index (χ1v) is 6.98. The number of hydrogen-bond donors (Lipinski definition) is 1. The summed E-state index contributed by atoms with van der Waals surface area (Å²) in [6.45, 7) is 13.6. The number of piperidine rings is 1.